The Hall–Kier alpha value is -1.28. The molecule has 0 spiro atoms. The molecule has 0 amide bonds. The molecule has 0 bridgehead atoms. The van der Waals surface area contributed by atoms with Crippen LogP contribution in [-0.2, 0) is 16.6 Å². The lowest BCUT2D eigenvalue weighted by molar-refractivity contribution is -0.134. The van der Waals surface area contributed by atoms with Crippen LogP contribution in [0.3, 0.4) is 0 Å². The lowest BCUT2D eigenvalue weighted by Crippen LogP contribution is -2.19. The molecule has 0 saturated heterocycles. The van der Waals surface area contributed by atoms with Crippen molar-refractivity contribution in [1.29, 1.82) is 0 Å². The predicted molar refractivity (Wildman–Crippen MR) is 71.8 cm³/mol. The number of nitrogens with two attached hydrogens (primary N) is 1. The molecule has 0 radical (unpaired) electrons. The summed E-state index contributed by atoms with van der Waals surface area (Å²) in [5.41, 5.74) is 7.23. The molecule has 0 atom stereocenters. The minimum Gasteiger partial charge on any atom is -0.326 e. The molecular formula is C12H17F3N2O2S. The van der Waals surface area contributed by atoms with E-state index in [-0.39, 0.29) is 6.54 Å². The first-order valence-corrected chi connectivity index (χ1v) is 7.65. The van der Waals surface area contributed by atoms with Crippen LogP contribution in [0.15, 0.2) is 18.2 Å². The van der Waals surface area contributed by atoms with Gasteiger partial charge in [-0.2, -0.15) is 13.2 Å². The van der Waals surface area contributed by atoms with Crippen LogP contribution in [0.25, 0.3) is 0 Å². The third-order valence-corrected chi connectivity index (χ3v) is 4.03. The highest BCUT2D eigenvalue weighted by Crippen LogP contribution is 2.23. The molecule has 4 nitrogen and oxygen atoms in total. The van der Waals surface area contributed by atoms with Crippen molar-refractivity contribution in [2.45, 2.75) is 32.5 Å². The maximum absolute atomic E-state index is 12.0. The van der Waals surface area contributed by atoms with E-state index in [0.29, 0.717) is 11.3 Å². The van der Waals surface area contributed by atoms with E-state index in [1.54, 1.807) is 25.1 Å². The van der Waals surface area contributed by atoms with Crippen molar-refractivity contribution < 1.29 is 21.6 Å². The molecule has 1 aromatic rings. The van der Waals surface area contributed by atoms with E-state index < -0.39 is 34.8 Å². The highest BCUT2D eigenvalue weighted by atomic mass is 32.2. The van der Waals surface area contributed by atoms with Crippen LogP contribution in [0.1, 0.15) is 24.0 Å². The normalized spacial score (nSPS) is 12.4. The van der Waals surface area contributed by atoms with Gasteiger partial charge in [-0.3, -0.25) is 4.72 Å². The average molecular weight is 310 g/mol. The Morgan fingerprint density at radius 3 is 2.50 bits per heavy atom. The van der Waals surface area contributed by atoms with Gasteiger partial charge in [0.25, 0.3) is 0 Å². The third kappa shape index (κ3) is 5.79. The number of sulfonamides is 1. The zero-order chi connectivity index (χ0) is 15.4. The van der Waals surface area contributed by atoms with E-state index in [1.165, 1.54) is 0 Å². The molecule has 20 heavy (non-hydrogen) atoms. The van der Waals surface area contributed by atoms with Gasteiger partial charge in [0, 0.05) is 13.0 Å². The summed E-state index contributed by atoms with van der Waals surface area (Å²) >= 11 is 0. The maximum Gasteiger partial charge on any atom is 0.389 e. The van der Waals surface area contributed by atoms with Crippen LogP contribution in [0.2, 0.25) is 0 Å². The van der Waals surface area contributed by atoms with E-state index >= 15 is 0 Å². The van der Waals surface area contributed by atoms with Crippen LogP contribution >= 0.6 is 0 Å². The SMILES string of the molecule is Cc1ccc(CN)cc1NS(=O)(=O)CCCC(F)(F)F. The van der Waals surface area contributed by atoms with E-state index in [2.05, 4.69) is 4.72 Å². The number of alkyl halides is 3. The summed E-state index contributed by atoms with van der Waals surface area (Å²) < 4.78 is 61.7. The molecule has 0 unspecified atom stereocenters. The zero-order valence-electron chi connectivity index (χ0n) is 11.0. The van der Waals surface area contributed by atoms with Crippen LogP contribution in [0.4, 0.5) is 18.9 Å². The van der Waals surface area contributed by atoms with Crippen LogP contribution in [0, 0.1) is 6.92 Å². The van der Waals surface area contributed by atoms with Gasteiger partial charge < -0.3 is 5.73 Å². The highest BCUT2D eigenvalue weighted by Gasteiger charge is 2.27. The van der Waals surface area contributed by atoms with Crippen LogP contribution in [0.5, 0.6) is 0 Å². The first-order chi connectivity index (χ1) is 9.13. The summed E-state index contributed by atoms with van der Waals surface area (Å²) in [6, 6.07) is 5.04. The standard InChI is InChI=1S/C12H17F3N2O2S/c1-9-3-4-10(8-16)7-11(9)17-20(18,19)6-2-5-12(13,14)15/h3-4,7,17H,2,5-6,8,16H2,1H3. The molecule has 0 aliphatic heterocycles. The van der Waals surface area contributed by atoms with Gasteiger partial charge in [-0.05, 0) is 30.5 Å². The number of rotatable bonds is 6. The first kappa shape index (κ1) is 16.8. The number of nitrogens with one attached hydrogen (secondary N) is 1. The fourth-order valence-corrected chi connectivity index (χ4v) is 2.77. The Bertz CT molecular complexity index is 556. The van der Waals surface area contributed by atoms with Gasteiger partial charge in [0.15, 0.2) is 0 Å². The Kier molecular flexibility index (Phi) is 5.41. The monoisotopic (exact) mass is 310 g/mol. The zero-order valence-corrected chi connectivity index (χ0v) is 11.8. The fourth-order valence-electron chi connectivity index (χ4n) is 1.59. The Morgan fingerprint density at radius 2 is 1.95 bits per heavy atom. The summed E-state index contributed by atoms with van der Waals surface area (Å²) in [6.07, 6.45) is -5.92. The third-order valence-electron chi connectivity index (χ3n) is 2.68. The van der Waals surface area contributed by atoms with Gasteiger partial charge in [0.05, 0.1) is 11.4 Å². The van der Waals surface area contributed by atoms with Crippen molar-refractivity contribution in [3.63, 3.8) is 0 Å². The predicted octanol–water partition coefficient (Wildman–Crippen LogP) is 2.54. The molecule has 0 heterocycles. The second kappa shape index (κ2) is 6.45. The molecule has 0 aliphatic rings. The molecule has 0 aromatic heterocycles. The molecule has 8 heteroatoms. The van der Waals surface area contributed by atoms with Gasteiger partial charge >= 0.3 is 6.18 Å². The second-order valence-corrected chi connectivity index (χ2v) is 6.33. The minimum absolute atomic E-state index is 0.253. The molecule has 1 aromatic carbocycles. The van der Waals surface area contributed by atoms with Gasteiger partial charge in [0.2, 0.25) is 10.0 Å². The van der Waals surface area contributed by atoms with E-state index in [1.807, 2.05) is 0 Å². The Balaban J connectivity index is 2.71. The molecule has 1 rings (SSSR count). The molecule has 0 fully saturated rings. The number of aryl methyl sites for hydroxylation is 1. The number of anilines is 1. The smallest absolute Gasteiger partial charge is 0.326 e. The summed E-state index contributed by atoms with van der Waals surface area (Å²) in [6.45, 7) is 1.96. The molecule has 0 saturated carbocycles. The van der Waals surface area contributed by atoms with Crippen molar-refractivity contribution in [2.75, 3.05) is 10.5 Å². The van der Waals surface area contributed by atoms with Crippen molar-refractivity contribution in [3.8, 4) is 0 Å². The summed E-state index contributed by atoms with van der Waals surface area (Å²) in [4.78, 5) is 0. The van der Waals surface area contributed by atoms with Crippen molar-refractivity contribution >= 4 is 15.7 Å². The summed E-state index contributed by atoms with van der Waals surface area (Å²) in [5.74, 6) is -0.571. The number of halogens is 3. The van der Waals surface area contributed by atoms with E-state index in [0.717, 1.165) is 5.56 Å². The minimum atomic E-state index is -4.34. The maximum atomic E-state index is 12.0. The number of hydrogen-bond donors (Lipinski definition) is 2. The van der Waals surface area contributed by atoms with Gasteiger partial charge in [0.1, 0.15) is 0 Å². The van der Waals surface area contributed by atoms with Crippen molar-refractivity contribution in [1.82, 2.24) is 0 Å². The van der Waals surface area contributed by atoms with Gasteiger partial charge in [-0.1, -0.05) is 12.1 Å². The van der Waals surface area contributed by atoms with Gasteiger partial charge in [-0.25, -0.2) is 8.42 Å². The lowest BCUT2D eigenvalue weighted by atomic mass is 10.1. The van der Waals surface area contributed by atoms with Gasteiger partial charge in [-0.15, -0.1) is 0 Å². The summed E-state index contributed by atoms with van der Waals surface area (Å²) in [7, 11) is -3.80. The molecule has 114 valence electrons. The quantitative estimate of drug-likeness (QED) is 0.848. The molecular weight excluding hydrogens is 293 g/mol. The number of hydrogen-bond acceptors (Lipinski definition) is 3. The Morgan fingerprint density at radius 1 is 1.30 bits per heavy atom. The van der Waals surface area contributed by atoms with Crippen LogP contribution in [-0.4, -0.2) is 20.3 Å². The van der Waals surface area contributed by atoms with E-state index in [9.17, 15) is 21.6 Å². The lowest BCUT2D eigenvalue weighted by Gasteiger charge is -2.12. The van der Waals surface area contributed by atoms with E-state index in [4.69, 9.17) is 5.73 Å². The Labute approximate surface area is 116 Å². The largest absolute Gasteiger partial charge is 0.389 e. The summed E-state index contributed by atoms with van der Waals surface area (Å²) in [5, 5.41) is 0. The van der Waals surface area contributed by atoms with Crippen molar-refractivity contribution in [2.24, 2.45) is 5.73 Å². The second-order valence-electron chi connectivity index (χ2n) is 4.49. The first-order valence-electron chi connectivity index (χ1n) is 6.00. The molecule has 0 aliphatic carbocycles. The van der Waals surface area contributed by atoms with Crippen molar-refractivity contribution in [3.05, 3.63) is 29.3 Å². The fraction of sp³-hybridized carbons (Fsp3) is 0.500. The van der Waals surface area contributed by atoms with Crippen LogP contribution < -0.4 is 10.5 Å². The topological polar surface area (TPSA) is 72.2 Å². The number of benzene rings is 1. The molecule has 3 N–H and O–H groups in total. The highest BCUT2D eigenvalue weighted by molar-refractivity contribution is 7.92. The average Bonchev–Trinajstić information content (AvgIpc) is 2.29.